The molecule has 0 heterocycles. The van der Waals surface area contributed by atoms with Crippen LogP contribution < -0.4 is 0 Å². The molecule has 1 saturated carbocycles. The Hall–Kier alpha value is -0.740. The van der Waals surface area contributed by atoms with Gasteiger partial charge in [0.15, 0.2) is 0 Å². The summed E-state index contributed by atoms with van der Waals surface area (Å²) in [6.07, 6.45) is 11.4. The van der Waals surface area contributed by atoms with Crippen LogP contribution in [0.2, 0.25) is 0 Å². The summed E-state index contributed by atoms with van der Waals surface area (Å²) < 4.78 is 0. The van der Waals surface area contributed by atoms with E-state index in [1.165, 1.54) is 5.57 Å². The Morgan fingerprint density at radius 1 is 1.62 bits per heavy atom. The summed E-state index contributed by atoms with van der Waals surface area (Å²) in [6, 6.07) is 0. The van der Waals surface area contributed by atoms with Crippen LogP contribution in [-0.2, 0) is 0 Å². The first-order valence-electron chi connectivity index (χ1n) is 5.02. The minimum atomic E-state index is -0.223. The molecule has 1 heteroatoms. The molecule has 0 radical (unpaired) electrons. The molecule has 2 rings (SSSR count). The van der Waals surface area contributed by atoms with E-state index in [-0.39, 0.29) is 11.5 Å². The van der Waals surface area contributed by atoms with Crippen LogP contribution in [0, 0.1) is 23.7 Å². The highest BCUT2D eigenvalue weighted by Crippen LogP contribution is 2.52. The fraction of sp³-hybridized carbons (Fsp3) is 0.667. The molecule has 2 aliphatic carbocycles. The van der Waals surface area contributed by atoms with Gasteiger partial charge in [-0.3, -0.25) is 0 Å². The molecule has 0 aromatic heterocycles. The van der Waals surface area contributed by atoms with Crippen LogP contribution in [0.4, 0.5) is 0 Å². The molecule has 0 bridgehead atoms. The number of terminal acetylenes is 1. The van der Waals surface area contributed by atoms with Crippen molar-refractivity contribution in [3.8, 4) is 12.3 Å². The second-order valence-corrected chi connectivity index (χ2v) is 4.47. The molecule has 2 aliphatic rings. The number of aliphatic hydroxyl groups is 1. The fourth-order valence-electron chi connectivity index (χ4n) is 2.77. The summed E-state index contributed by atoms with van der Waals surface area (Å²) in [6.45, 7) is 2.25. The van der Waals surface area contributed by atoms with E-state index in [1.807, 2.05) is 6.08 Å². The van der Waals surface area contributed by atoms with Gasteiger partial charge in [-0.15, -0.1) is 12.3 Å². The van der Waals surface area contributed by atoms with Gasteiger partial charge in [-0.1, -0.05) is 18.6 Å². The maximum Gasteiger partial charge on any atom is 0.0724 e. The predicted molar refractivity (Wildman–Crippen MR) is 53.0 cm³/mol. The van der Waals surface area contributed by atoms with Crippen molar-refractivity contribution in [2.45, 2.75) is 38.7 Å². The van der Waals surface area contributed by atoms with Crippen molar-refractivity contribution in [1.29, 1.82) is 0 Å². The van der Waals surface area contributed by atoms with Crippen molar-refractivity contribution < 1.29 is 5.11 Å². The maximum absolute atomic E-state index is 9.50. The fourth-order valence-corrected chi connectivity index (χ4v) is 2.77. The minimum absolute atomic E-state index is 0.202. The van der Waals surface area contributed by atoms with Gasteiger partial charge in [-0.2, -0.15) is 0 Å². The number of hydrogen-bond acceptors (Lipinski definition) is 1. The largest absolute Gasteiger partial charge is 0.389 e. The third kappa shape index (κ3) is 1.21. The number of fused-ring (bicyclic) bond motifs is 1. The third-order valence-corrected chi connectivity index (χ3v) is 3.76. The lowest BCUT2D eigenvalue weighted by Crippen LogP contribution is -2.28. The Morgan fingerprint density at radius 2 is 2.38 bits per heavy atom. The smallest absolute Gasteiger partial charge is 0.0724 e. The van der Waals surface area contributed by atoms with Crippen LogP contribution in [0.5, 0.6) is 0 Å². The van der Waals surface area contributed by atoms with Crippen LogP contribution in [0.15, 0.2) is 11.6 Å². The highest BCUT2D eigenvalue weighted by atomic mass is 16.3. The first-order chi connectivity index (χ1) is 6.16. The third-order valence-electron chi connectivity index (χ3n) is 3.76. The molecule has 0 amide bonds. The van der Waals surface area contributed by atoms with Crippen molar-refractivity contribution in [2.75, 3.05) is 0 Å². The van der Waals surface area contributed by atoms with E-state index in [9.17, 15) is 5.11 Å². The summed E-state index contributed by atoms with van der Waals surface area (Å²) in [7, 11) is 0. The standard InChI is InChI=1S/C12H16O/c1-3-9-4-5-10-8-11(13)6-7-12(9,10)2/h1,8-9,11,13H,4-7H2,2H3/t9-,11?,12+/m0/s1. The van der Waals surface area contributed by atoms with Crippen molar-refractivity contribution in [3.63, 3.8) is 0 Å². The number of hydrogen-bond donors (Lipinski definition) is 1. The van der Waals surface area contributed by atoms with Crippen LogP contribution >= 0.6 is 0 Å². The maximum atomic E-state index is 9.50. The Balaban J connectivity index is 2.33. The van der Waals surface area contributed by atoms with E-state index >= 15 is 0 Å². The van der Waals surface area contributed by atoms with Crippen molar-refractivity contribution in [2.24, 2.45) is 11.3 Å². The van der Waals surface area contributed by atoms with Crippen LogP contribution in [0.1, 0.15) is 32.6 Å². The van der Waals surface area contributed by atoms with E-state index in [2.05, 4.69) is 12.8 Å². The number of rotatable bonds is 0. The molecule has 0 spiro atoms. The van der Waals surface area contributed by atoms with Gasteiger partial charge in [0.1, 0.15) is 0 Å². The molecule has 0 aliphatic heterocycles. The van der Waals surface area contributed by atoms with Gasteiger partial charge < -0.3 is 5.11 Å². The quantitative estimate of drug-likeness (QED) is 0.443. The molecule has 3 atom stereocenters. The number of aliphatic hydroxyl groups excluding tert-OH is 1. The Kier molecular flexibility index (Phi) is 1.96. The summed E-state index contributed by atoms with van der Waals surface area (Å²) >= 11 is 0. The van der Waals surface area contributed by atoms with Gasteiger partial charge in [0.25, 0.3) is 0 Å². The Bertz CT molecular complexity index is 284. The topological polar surface area (TPSA) is 20.2 Å². The molecule has 0 saturated heterocycles. The van der Waals surface area contributed by atoms with E-state index in [1.54, 1.807) is 0 Å². The summed E-state index contributed by atoms with van der Waals surface area (Å²) in [4.78, 5) is 0. The number of allylic oxidation sites excluding steroid dienone is 1. The molecular formula is C12H16O. The first-order valence-corrected chi connectivity index (χ1v) is 5.02. The van der Waals surface area contributed by atoms with Crippen molar-refractivity contribution in [1.82, 2.24) is 0 Å². The average molecular weight is 176 g/mol. The van der Waals surface area contributed by atoms with Gasteiger partial charge >= 0.3 is 0 Å². The average Bonchev–Trinajstić information content (AvgIpc) is 2.42. The van der Waals surface area contributed by atoms with E-state index in [0.29, 0.717) is 5.92 Å². The first kappa shape index (κ1) is 8.84. The lowest BCUT2D eigenvalue weighted by Gasteiger charge is -2.34. The van der Waals surface area contributed by atoms with Crippen molar-refractivity contribution >= 4 is 0 Å². The molecule has 1 nitrogen and oxygen atoms in total. The SMILES string of the molecule is C#C[C@H]1CCC2=CC(O)CC[C@@]21C. The molecular weight excluding hydrogens is 160 g/mol. The van der Waals surface area contributed by atoms with Gasteiger partial charge in [0, 0.05) is 11.3 Å². The van der Waals surface area contributed by atoms with Crippen LogP contribution in [0.25, 0.3) is 0 Å². The van der Waals surface area contributed by atoms with Gasteiger partial charge in [0.2, 0.25) is 0 Å². The lowest BCUT2D eigenvalue weighted by molar-refractivity contribution is 0.161. The highest BCUT2D eigenvalue weighted by molar-refractivity contribution is 5.28. The second-order valence-electron chi connectivity index (χ2n) is 4.47. The molecule has 1 fully saturated rings. The molecule has 70 valence electrons. The zero-order valence-corrected chi connectivity index (χ0v) is 8.09. The van der Waals surface area contributed by atoms with E-state index in [4.69, 9.17) is 6.42 Å². The minimum Gasteiger partial charge on any atom is -0.389 e. The summed E-state index contributed by atoms with van der Waals surface area (Å²) in [5.41, 5.74) is 1.60. The zero-order chi connectivity index (χ0) is 9.47. The van der Waals surface area contributed by atoms with Crippen LogP contribution in [-0.4, -0.2) is 11.2 Å². The van der Waals surface area contributed by atoms with Crippen molar-refractivity contribution in [3.05, 3.63) is 11.6 Å². The molecule has 1 N–H and O–H groups in total. The van der Waals surface area contributed by atoms with E-state index < -0.39 is 0 Å². The lowest BCUT2D eigenvalue weighted by atomic mass is 9.70. The van der Waals surface area contributed by atoms with Gasteiger partial charge in [-0.05, 0) is 25.7 Å². The van der Waals surface area contributed by atoms with E-state index in [0.717, 1.165) is 25.7 Å². The molecule has 13 heavy (non-hydrogen) atoms. The Labute approximate surface area is 79.8 Å². The molecule has 0 aromatic rings. The van der Waals surface area contributed by atoms with Crippen LogP contribution in [0.3, 0.4) is 0 Å². The normalized spacial score (nSPS) is 43.6. The molecule has 1 unspecified atom stereocenters. The summed E-state index contributed by atoms with van der Waals surface area (Å²) in [5, 5.41) is 9.50. The van der Waals surface area contributed by atoms with Gasteiger partial charge in [0.05, 0.1) is 6.10 Å². The zero-order valence-electron chi connectivity index (χ0n) is 8.09. The predicted octanol–water partition coefficient (Wildman–Crippen LogP) is 2.12. The monoisotopic (exact) mass is 176 g/mol. The second kappa shape index (κ2) is 2.89. The Morgan fingerprint density at radius 3 is 3.08 bits per heavy atom. The van der Waals surface area contributed by atoms with Gasteiger partial charge in [-0.25, -0.2) is 0 Å². The molecule has 0 aromatic carbocycles. The highest BCUT2D eigenvalue weighted by Gasteiger charge is 2.43. The summed E-state index contributed by atoms with van der Waals surface area (Å²) in [5.74, 6) is 3.29.